The van der Waals surface area contributed by atoms with Crippen LogP contribution in [0.2, 0.25) is 0 Å². The van der Waals surface area contributed by atoms with Crippen molar-refractivity contribution in [2.24, 2.45) is 29.1 Å². The zero-order chi connectivity index (χ0) is 22.1. The topological polar surface area (TPSA) is 108 Å². The van der Waals surface area contributed by atoms with Crippen LogP contribution in [0.4, 0.5) is 0 Å². The summed E-state index contributed by atoms with van der Waals surface area (Å²) in [5, 5.41) is 14.3. The van der Waals surface area contributed by atoms with Gasteiger partial charge in [0.25, 0.3) is 0 Å². The Morgan fingerprint density at radius 2 is 2.03 bits per heavy atom. The van der Waals surface area contributed by atoms with E-state index in [0.29, 0.717) is 6.54 Å². The Hall–Kier alpha value is -1.51. The summed E-state index contributed by atoms with van der Waals surface area (Å²) < 4.78 is 26.3. The lowest BCUT2D eigenvalue weighted by Crippen LogP contribution is -2.58. The van der Waals surface area contributed by atoms with Crippen LogP contribution < -0.4 is 10.0 Å². The molecule has 2 fully saturated rings. The maximum atomic E-state index is 12.8. The van der Waals surface area contributed by atoms with E-state index in [1.54, 1.807) is 6.20 Å². The van der Waals surface area contributed by atoms with Gasteiger partial charge in [0.1, 0.15) is 0 Å². The Bertz CT molecular complexity index is 847. The van der Waals surface area contributed by atoms with E-state index < -0.39 is 16.1 Å². The summed E-state index contributed by atoms with van der Waals surface area (Å²) in [5.41, 5.74) is 0.764. The van der Waals surface area contributed by atoms with E-state index in [1.807, 2.05) is 32.0 Å². The molecule has 0 radical (unpaired) electrons. The van der Waals surface area contributed by atoms with Crippen molar-refractivity contribution >= 4 is 15.9 Å². The van der Waals surface area contributed by atoms with Crippen molar-refractivity contribution < 1.29 is 18.3 Å². The number of nitrogens with zero attached hydrogens (tertiary/aromatic N) is 1. The molecule has 1 amide bonds. The van der Waals surface area contributed by atoms with Crippen molar-refractivity contribution in [2.45, 2.75) is 65.1 Å². The van der Waals surface area contributed by atoms with Crippen molar-refractivity contribution in [3.8, 4) is 0 Å². The van der Waals surface area contributed by atoms with Gasteiger partial charge in [0.2, 0.25) is 15.9 Å². The monoisotopic (exact) mass is 437 g/mol. The molecule has 1 aromatic rings. The zero-order valence-electron chi connectivity index (χ0n) is 18.3. The maximum absolute atomic E-state index is 12.8. The number of hydrogen-bond donors (Lipinski definition) is 3. The third-order valence-electron chi connectivity index (χ3n) is 7.48. The van der Waals surface area contributed by atoms with Gasteiger partial charge in [0.15, 0.2) is 0 Å². The SMILES string of the molecule is CC(C(=O)NCc1ccccn1)C1CCC2(C)CCC(NS(C)(=O)=O)C(C)C2C1O. The lowest BCUT2D eigenvalue weighted by molar-refractivity contribution is -0.141. The first kappa shape index (κ1) is 23.2. The van der Waals surface area contributed by atoms with Crippen molar-refractivity contribution in [3.63, 3.8) is 0 Å². The molecular weight excluding hydrogens is 402 g/mol. The molecule has 7 unspecified atom stereocenters. The highest BCUT2D eigenvalue weighted by molar-refractivity contribution is 7.88. The largest absolute Gasteiger partial charge is 0.392 e. The lowest BCUT2D eigenvalue weighted by atomic mass is 9.52. The minimum absolute atomic E-state index is 0.0000509. The Balaban J connectivity index is 1.69. The molecule has 2 aliphatic carbocycles. The number of nitrogens with one attached hydrogen (secondary N) is 2. The van der Waals surface area contributed by atoms with Crippen LogP contribution in [0.25, 0.3) is 0 Å². The van der Waals surface area contributed by atoms with E-state index in [9.17, 15) is 18.3 Å². The van der Waals surface area contributed by atoms with Crippen LogP contribution in [-0.2, 0) is 21.4 Å². The van der Waals surface area contributed by atoms with E-state index in [4.69, 9.17) is 0 Å². The molecule has 2 saturated carbocycles. The summed E-state index contributed by atoms with van der Waals surface area (Å²) in [4.78, 5) is 17.0. The van der Waals surface area contributed by atoms with E-state index in [0.717, 1.165) is 31.4 Å². The van der Waals surface area contributed by atoms with Crippen molar-refractivity contribution in [2.75, 3.05) is 6.26 Å². The van der Waals surface area contributed by atoms with Gasteiger partial charge in [-0.3, -0.25) is 9.78 Å². The number of carbonyl (C=O) groups excluding carboxylic acids is 1. The molecule has 8 heteroatoms. The average molecular weight is 438 g/mol. The number of aromatic nitrogens is 1. The van der Waals surface area contributed by atoms with Crippen LogP contribution >= 0.6 is 0 Å². The Morgan fingerprint density at radius 1 is 1.33 bits per heavy atom. The van der Waals surface area contributed by atoms with Gasteiger partial charge in [-0.25, -0.2) is 13.1 Å². The van der Waals surface area contributed by atoms with Crippen LogP contribution in [0, 0.1) is 29.1 Å². The third-order valence-corrected chi connectivity index (χ3v) is 8.21. The van der Waals surface area contributed by atoms with E-state index >= 15 is 0 Å². The Kier molecular flexibility index (Phi) is 6.89. The first-order chi connectivity index (χ1) is 14.0. The normalized spacial score (nSPS) is 35.3. The summed E-state index contributed by atoms with van der Waals surface area (Å²) in [6.45, 7) is 6.48. The minimum atomic E-state index is -3.31. The van der Waals surface area contributed by atoms with Gasteiger partial charge in [-0.05, 0) is 61.0 Å². The molecule has 0 bridgehead atoms. The number of carbonyl (C=O) groups is 1. The number of amides is 1. The lowest BCUT2D eigenvalue weighted by Gasteiger charge is -2.56. The molecule has 2 aliphatic rings. The highest BCUT2D eigenvalue weighted by Gasteiger charge is 2.53. The van der Waals surface area contributed by atoms with Crippen molar-refractivity contribution in [1.82, 2.24) is 15.0 Å². The highest BCUT2D eigenvalue weighted by atomic mass is 32.2. The summed E-state index contributed by atoms with van der Waals surface area (Å²) in [6.07, 6.45) is 5.62. The van der Waals surface area contributed by atoms with Crippen LogP contribution in [-0.4, -0.2) is 42.8 Å². The first-order valence-electron chi connectivity index (χ1n) is 10.8. The van der Waals surface area contributed by atoms with E-state index in [-0.39, 0.29) is 41.0 Å². The molecule has 7 nitrogen and oxygen atoms in total. The summed E-state index contributed by atoms with van der Waals surface area (Å²) in [5.74, 6) is -0.604. The molecule has 0 saturated heterocycles. The minimum Gasteiger partial charge on any atom is -0.392 e. The van der Waals surface area contributed by atoms with Gasteiger partial charge >= 0.3 is 0 Å². The number of sulfonamides is 1. The number of hydrogen-bond acceptors (Lipinski definition) is 5. The predicted molar refractivity (Wildman–Crippen MR) is 116 cm³/mol. The standard InChI is InChI=1S/C22H35N3O4S/c1-14(21(27)24-13-16-7-5-6-12-23-16)17-8-10-22(3)11-9-18(25-30(4,28)29)15(2)19(22)20(17)26/h5-7,12,14-15,17-20,25-26H,8-11,13H2,1-4H3,(H,24,27). The molecule has 3 rings (SSSR count). The number of rotatable bonds is 6. The summed E-state index contributed by atoms with van der Waals surface area (Å²) in [7, 11) is -3.31. The molecule has 30 heavy (non-hydrogen) atoms. The summed E-state index contributed by atoms with van der Waals surface area (Å²) >= 11 is 0. The van der Waals surface area contributed by atoms with Crippen LogP contribution in [0.5, 0.6) is 0 Å². The Labute approximate surface area is 180 Å². The fraction of sp³-hybridized carbons (Fsp3) is 0.727. The van der Waals surface area contributed by atoms with Gasteiger partial charge in [-0.15, -0.1) is 0 Å². The molecule has 1 heterocycles. The van der Waals surface area contributed by atoms with Crippen LogP contribution in [0.15, 0.2) is 24.4 Å². The van der Waals surface area contributed by atoms with Gasteiger partial charge in [0, 0.05) is 18.2 Å². The third kappa shape index (κ3) is 5.03. The number of pyridine rings is 1. The second-order valence-corrected chi connectivity index (χ2v) is 11.4. The molecule has 0 aromatic carbocycles. The second kappa shape index (κ2) is 8.93. The van der Waals surface area contributed by atoms with Gasteiger partial charge < -0.3 is 10.4 Å². The molecule has 7 atom stereocenters. The van der Waals surface area contributed by atoms with E-state index in [1.165, 1.54) is 6.26 Å². The van der Waals surface area contributed by atoms with Crippen molar-refractivity contribution in [1.29, 1.82) is 0 Å². The molecule has 0 aliphatic heterocycles. The smallest absolute Gasteiger partial charge is 0.223 e. The van der Waals surface area contributed by atoms with Crippen LogP contribution in [0.3, 0.4) is 0 Å². The quantitative estimate of drug-likeness (QED) is 0.631. The average Bonchev–Trinajstić information content (AvgIpc) is 2.68. The first-order valence-corrected chi connectivity index (χ1v) is 12.7. The molecule has 3 N–H and O–H groups in total. The fourth-order valence-corrected chi connectivity index (χ4v) is 6.65. The molecular formula is C22H35N3O4S. The number of fused-ring (bicyclic) bond motifs is 1. The van der Waals surface area contributed by atoms with Crippen molar-refractivity contribution in [3.05, 3.63) is 30.1 Å². The highest BCUT2D eigenvalue weighted by Crippen LogP contribution is 2.55. The number of aliphatic hydroxyl groups excluding tert-OH is 1. The maximum Gasteiger partial charge on any atom is 0.223 e. The van der Waals surface area contributed by atoms with Gasteiger partial charge in [0.05, 0.1) is 24.6 Å². The second-order valence-electron chi connectivity index (χ2n) is 9.59. The molecule has 0 spiro atoms. The summed E-state index contributed by atoms with van der Waals surface area (Å²) in [6, 6.07) is 5.40. The molecule has 168 valence electrons. The van der Waals surface area contributed by atoms with E-state index in [2.05, 4.69) is 21.9 Å². The van der Waals surface area contributed by atoms with Gasteiger partial charge in [-0.1, -0.05) is 26.8 Å². The molecule has 1 aromatic heterocycles. The predicted octanol–water partition coefficient (Wildman–Crippen LogP) is 2.07. The van der Waals surface area contributed by atoms with Crippen LogP contribution in [0.1, 0.15) is 52.1 Å². The number of aliphatic hydroxyl groups is 1. The zero-order valence-corrected chi connectivity index (χ0v) is 19.2. The fourth-order valence-electron chi connectivity index (χ4n) is 5.77. The van der Waals surface area contributed by atoms with Gasteiger partial charge in [-0.2, -0.15) is 0 Å². The Morgan fingerprint density at radius 3 is 2.67 bits per heavy atom.